The molecular weight excluding hydrogens is 628 g/mol. The van der Waals surface area contributed by atoms with Gasteiger partial charge in [-0.15, -0.1) is 0 Å². The number of carbonyl (C=O) groups excluding carboxylic acids is 4. The standard InChI is InChI=1S/C39H34O10/c1-3-36(40)44-21-19-26-5-7-28(8-6-26)38(42)48-32-15-9-27(10-16-32)35-18-17-33(23-30(35)20-22-45-37(41)4-2)49-39(43)29-11-13-31(14-12-29)46-24-34-25-47-34/h3-18,23,34H,1-2,19-22,24-25H2. The maximum atomic E-state index is 12.9. The zero-order valence-corrected chi connectivity index (χ0v) is 26.6. The van der Waals surface area contributed by atoms with Crippen LogP contribution in [-0.4, -0.2) is 56.4 Å². The largest absolute Gasteiger partial charge is 0.491 e. The number of epoxide rings is 1. The van der Waals surface area contributed by atoms with Gasteiger partial charge in [0.05, 0.1) is 30.9 Å². The van der Waals surface area contributed by atoms with E-state index < -0.39 is 23.9 Å². The van der Waals surface area contributed by atoms with E-state index in [0.29, 0.717) is 54.4 Å². The Morgan fingerprint density at radius 3 is 1.80 bits per heavy atom. The summed E-state index contributed by atoms with van der Waals surface area (Å²) in [5.74, 6) is -0.802. The molecule has 250 valence electrons. The molecule has 1 fully saturated rings. The molecule has 4 aromatic carbocycles. The molecule has 0 aromatic heterocycles. The number of benzene rings is 4. The molecule has 1 saturated heterocycles. The van der Waals surface area contributed by atoms with Crippen molar-refractivity contribution in [2.75, 3.05) is 26.4 Å². The third-order valence-electron chi connectivity index (χ3n) is 7.37. The van der Waals surface area contributed by atoms with Crippen molar-refractivity contribution in [1.82, 2.24) is 0 Å². The highest BCUT2D eigenvalue weighted by Gasteiger charge is 2.23. The molecule has 1 atom stereocenters. The lowest BCUT2D eigenvalue weighted by Crippen LogP contribution is -2.10. The maximum Gasteiger partial charge on any atom is 0.343 e. The van der Waals surface area contributed by atoms with Crippen LogP contribution in [0.25, 0.3) is 11.1 Å². The fourth-order valence-electron chi connectivity index (χ4n) is 4.65. The zero-order chi connectivity index (χ0) is 34.6. The second-order valence-corrected chi connectivity index (χ2v) is 10.9. The van der Waals surface area contributed by atoms with Gasteiger partial charge in [0, 0.05) is 25.0 Å². The van der Waals surface area contributed by atoms with Crippen molar-refractivity contribution < 1.29 is 47.6 Å². The van der Waals surface area contributed by atoms with Crippen LogP contribution in [0.1, 0.15) is 31.8 Å². The van der Waals surface area contributed by atoms with Gasteiger partial charge in [-0.05, 0) is 82.9 Å². The fraction of sp³-hybridized carbons (Fsp3) is 0.179. The predicted octanol–water partition coefficient (Wildman–Crippen LogP) is 6.11. The van der Waals surface area contributed by atoms with Gasteiger partial charge < -0.3 is 28.4 Å². The summed E-state index contributed by atoms with van der Waals surface area (Å²) in [5.41, 5.74) is 3.99. The highest BCUT2D eigenvalue weighted by molar-refractivity contribution is 5.92. The summed E-state index contributed by atoms with van der Waals surface area (Å²) < 4.78 is 32.2. The minimum absolute atomic E-state index is 0.0804. The van der Waals surface area contributed by atoms with E-state index in [-0.39, 0.29) is 19.3 Å². The van der Waals surface area contributed by atoms with Crippen molar-refractivity contribution in [3.05, 3.63) is 139 Å². The normalized spacial score (nSPS) is 13.0. The molecule has 0 radical (unpaired) electrons. The Labute approximate surface area is 283 Å². The van der Waals surface area contributed by atoms with E-state index in [1.54, 1.807) is 84.9 Å². The van der Waals surface area contributed by atoms with Crippen molar-refractivity contribution in [1.29, 1.82) is 0 Å². The van der Waals surface area contributed by atoms with Gasteiger partial charge >= 0.3 is 23.9 Å². The van der Waals surface area contributed by atoms with Crippen LogP contribution >= 0.6 is 0 Å². The van der Waals surface area contributed by atoms with Gasteiger partial charge in [0.1, 0.15) is 30.0 Å². The van der Waals surface area contributed by atoms with Gasteiger partial charge in [0.15, 0.2) is 0 Å². The van der Waals surface area contributed by atoms with Crippen LogP contribution in [0.3, 0.4) is 0 Å². The third kappa shape index (κ3) is 10.2. The first kappa shape index (κ1) is 34.3. The maximum absolute atomic E-state index is 12.9. The first-order valence-electron chi connectivity index (χ1n) is 15.5. The fourth-order valence-corrected chi connectivity index (χ4v) is 4.65. The molecule has 0 saturated carbocycles. The van der Waals surface area contributed by atoms with Gasteiger partial charge in [-0.25, -0.2) is 19.2 Å². The summed E-state index contributed by atoms with van der Waals surface area (Å²) in [6, 6.07) is 25.7. The number of hydrogen-bond acceptors (Lipinski definition) is 10. The summed E-state index contributed by atoms with van der Waals surface area (Å²) in [7, 11) is 0. The number of esters is 4. The van der Waals surface area contributed by atoms with Crippen LogP contribution in [0.2, 0.25) is 0 Å². The highest BCUT2D eigenvalue weighted by Crippen LogP contribution is 2.30. The van der Waals surface area contributed by atoms with Crippen molar-refractivity contribution in [2.45, 2.75) is 18.9 Å². The van der Waals surface area contributed by atoms with E-state index >= 15 is 0 Å². The van der Waals surface area contributed by atoms with E-state index in [4.69, 9.17) is 28.4 Å². The van der Waals surface area contributed by atoms with E-state index in [1.165, 1.54) is 0 Å². The number of carbonyl (C=O) groups is 4. The Hall–Kier alpha value is -6.00. The Bertz CT molecular complexity index is 1800. The van der Waals surface area contributed by atoms with Crippen molar-refractivity contribution in [2.24, 2.45) is 0 Å². The zero-order valence-electron chi connectivity index (χ0n) is 26.6. The van der Waals surface area contributed by atoms with Gasteiger partial charge in [-0.3, -0.25) is 0 Å². The van der Waals surface area contributed by atoms with Crippen LogP contribution in [-0.2, 0) is 36.6 Å². The average molecular weight is 663 g/mol. The van der Waals surface area contributed by atoms with Crippen LogP contribution in [0.15, 0.2) is 116 Å². The van der Waals surface area contributed by atoms with Gasteiger partial charge in [-0.2, -0.15) is 0 Å². The molecule has 1 unspecified atom stereocenters. The molecule has 1 heterocycles. The molecule has 5 rings (SSSR count). The van der Waals surface area contributed by atoms with Crippen LogP contribution < -0.4 is 14.2 Å². The third-order valence-corrected chi connectivity index (χ3v) is 7.37. The van der Waals surface area contributed by atoms with Crippen LogP contribution in [0, 0.1) is 0 Å². The molecule has 1 aliphatic rings. The van der Waals surface area contributed by atoms with E-state index in [0.717, 1.165) is 34.4 Å². The predicted molar refractivity (Wildman–Crippen MR) is 180 cm³/mol. The Balaban J connectivity index is 1.23. The SMILES string of the molecule is C=CC(=O)OCCc1ccc(C(=O)Oc2ccc(-c3ccc(OC(=O)c4ccc(OCC5CO5)cc4)cc3CCOC(=O)C=C)cc2)cc1. The number of rotatable bonds is 16. The monoisotopic (exact) mass is 662 g/mol. The number of hydrogen-bond donors (Lipinski definition) is 0. The Kier molecular flexibility index (Phi) is 11.7. The first-order chi connectivity index (χ1) is 23.8. The molecule has 0 bridgehead atoms. The van der Waals surface area contributed by atoms with Crippen molar-refractivity contribution in [3.8, 4) is 28.4 Å². The summed E-state index contributed by atoms with van der Waals surface area (Å²) in [6.07, 6.45) is 3.16. The van der Waals surface area contributed by atoms with Crippen LogP contribution in [0.4, 0.5) is 0 Å². The Morgan fingerprint density at radius 1 is 0.673 bits per heavy atom. The van der Waals surface area contributed by atoms with Crippen molar-refractivity contribution in [3.63, 3.8) is 0 Å². The molecule has 10 nitrogen and oxygen atoms in total. The average Bonchev–Trinajstić information content (AvgIpc) is 3.96. The summed E-state index contributed by atoms with van der Waals surface area (Å²) in [5, 5.41) is 0. The molecule has 0 aliphatic carbocycles. The van der Waals surface area contributed by atoms with Gasteiger partial charge in [0.2, 0.25) is 0 Å². The topological polar surface area (TPSA) is 127 Å². The second-order valence-electron chi connectivity index (χ2n) is 10.9. The molecule has 10 heteroatoms. The van der Waals surface area contributed by atoms with Gasteiger partial charge in [-0.1, -0.05) is 43.5 Å². The minimum Gasteiger partial charge on any atom is -0.491 e. The molecule has 1 aliphatic heterocycles. The lowest BCUT2D eigenvalue weighted by Gasteiger charge is -2.14. The molecule has 0 spiro atoms. The lowest BCUT2D eigenvalue weighted by atomic mass is 9.97. The Morgan fingerprint density at radius 2 is 1.20 bits per heavy atom. The summed E-state index contributed by atoms with van der Waals surface area (Å²) in [4.78, 5) is 48.5. The summed E-state index contributed by atoms with van der Waals surface area (Å²) in [6.45, 7) is 8.23. The van der Waals surface area contributed by atoms with E-state index in [9.17, 15) is 19.2 Å². The minimum atomic E-state index is -0.545. The van der Waals surface area contributed by atoms with Crippen molar-refractivity contribution >= 4 is 23.9 Å². The molecule has 0 N–H and O–H groups in total. The first-order valence-corrected chi connectivity index (χ1v) is 15.5. The lowest BCUT2D eigenvalue weighted by molar-refractivity contribution is -0.138. The van der Waals surface area contributed by atoms with Gasteiger partial charge in [0.25, 0.3) is 0 Å². The summed E-state index contributed by atoms with van der Waals surface area (Å²) >= 11 is 0. The quantitative estimate of drug-likeness (QED) is 0.0600. The smallest absolute Gasteiger partial charge is 0.343 e. The molecular formula is C39H34O10. The van der Waals surface area contributed by atoms with Crippen LogP contribution in [0.5, 0.6) is 17.2 Å². The number of ether oxygens (including phenoxy) is 6. The highest BCUT2D eigenvalue weighted by atomic mass is 16.6. The van der Waals surface area contributed by atoms with E-state index in [1.807, 2.05) is 6.07 Å². The molecule has 49 heavy (non-hydrogen) atoms. The molecule has 0 amide bonds. The second kappa shape index (κ2) is 16.7. The molecule has 4 aromatic rings. The van der Waals surface area contributed by atoms with E-state index in [2.05, 4.69) is 13.2 Å².